The molecular weight excluding hydrogens is 280 g/mol. The van der Waals surface area contributed by atoms with Crippen LogP contribution in [0.5, 0.6) is 0 Å². The third-order valence-corrected chi connectivity index (χ3v) is 3.49. The molecule has 0 aliphatic carbocycles. The maximum atomic E-state index is 5.31. The van der Waals surface area contributed by atoms with Gasteiger partial charge in [-0.15, -0.1) is 0 Å². The average molecular weight is 296 g/mol. The molecule has 0 unspecified atom stereocenters. The van der Waals surface area contributed by atoms with Crippen LogP contribution in [0.15, 0.2) is 48.5 Å². The number of fused-ring (bicyclic) bond motifs is 1. The number of H-pyrrole nitrogens is 1. The molecule has 0 atom stereocenters. The van der Waals surface area contributed by atoms with Crippen molar-refractivity contribution >= 4 is 34.1 Å². The van der Waals surface area contributed by atoms with E-state index in [1.54, 1.807) is 0 Å². The number of rotatable bonds is 3. The van der Waals surface area contributed by atoms with Gasteiger partial charge in [-0.2, -0.15) is 0 Å². The van der Waals surface area contributed by atoms with Gasteiger partial charge in [0.1, 0.15) is 5.82 Å². The highest BCUT2D eigenvalue weighted by Gasteiger charge is 2.04. The Labute approximate surface area is 128 Å². The Kier molecular flexibility index (Phi) is 3.83. The normalized spacial score (nSPS) is 10.5. The van der Waals surface area contributed by atoms with E-state index >= 15 is 0 Å². The molecule has 0 amide bonds. The first-order chi connectivity index (χ1) is 10.2. The highest BCUT2D eigenvalue weighted by atomic mass is 32.1. The third kappa shape index (κ3) is 3.20. The monoisotopic (exact) mass is 296 g/mol. The average Bonchev–Trinajstić information content (AvgIpc) is 2.90. The van der Waals surface area contributed by atoms with Crippen LogP contribution < -0.4 is 10.6 Å². The van der Waals surface area contributed by atoms with E-state index in [0.29, 0.717) is 11.7 Å². The Hall–Kier alpha value is -2.40. The molecule has 3 N–H and O–H groups in total. The summed E-state index contributed by atoms with van der Waals surface area (Å²) in [5, 5.41) is 6.94. The van der Waals surface area contributed by atoms with Crippen LogP contribution in [-0.4, -0.2) is 15.1 Å². The van der Waals surface area contributed by atoms with E-state index in [-0.39, 0.29) is 0 Å². The van der Waals surface area contributed by atoms with Crippen LogP contribution >= 0.6 is 12.2 Å². The second kappa shape index (κ2) is 5.93. The number of hydrogen-bond donors (Lipinski definition) is 3. The van der Waals surface area contributed by atoms with Crippen LogP contribution in [0.1, 0.15) is 11.4 Å². The second-order valence-corrected chi connectivity index (χ2v) is 5.23. The molecule has 1 aromatic heterocycles. The number of aryl methyl sites for hydroxylation is 1. The molecule has 5 heteroatoms. The first-order valence-electron chi connectivity index (χ1n) is 6.76. The van der Waals surface area contributed by atoms with Crippen LogP contribution in [0.4, 0.5) is 5.69 Å². The van der Waals surface area contributed by atoms with Crippen LogP contribution in [0.2, 0.25) is 0 Å². The fraction of sp³-hybridized carbons (Fsp3) is 0.125. The number of thiocarbonyl (C=S) groups is 1. The zero-order valence-corrected chi connectivity index (χ0v) is 12.5. The fourth-order valence-electron chi connectivity index (χ4n) is 2.13. The maximum absolute atomic E-state index is 5.31. The molecule has 106 valence electrons. The summed E-state index contributed by atoms with van der Waals surface area (Å²) in [6, 6.07) is 16.0. The summed E-state index contributed by atoms with van der Waals surface area (Å²) in [5.74, 6) is 0.866. The largest absolute Gasteiger partial charge is 0.355 e. The minimum atomic E-state index is 0.562. The molecule has 0 spiro atoms. The number of aromatic amines is 1. The number of anilines is 1. The lowest BCUT2D eigenvalue weighted by Gasteiger charge is -2.11. The van der Waals surface area contributed by atoms with E-state index in [1.807, 2.05) is 55.5 Å². The zero-order chi connectivity index (χ0) is 14.7. The Morgan fingerprint density at radius 2 is 1.90 bits per heavy atom. The number of hydrogen-bond acceptors (Lipinski definition) is 2. The van der Waals surface area contributed by atoms with Gasteiger partial charge in [0.15, 0.2) is 5.11 Å². The summed E-state index contributed by atoms with van der Waals surface area (Å²) in [6.07, 6.45) is 0. The number of benzene rings is 2. The van der Waals surface area contributed by atoms with Crippen LogP contribution in [-0.2, 0) is 6.54 Å². The van der Waals surface area contributed by atoms with Gasteiger partial charge in [-0.3, -0.25) is 0 Å². The van der Waals surface area contributed by atoms with Crippen molar-refractivity contribution in [2.75, 3.05) is 5.32 Å². The van der Waals surface area contributed by atoms with Crippen molar-refractivity contribution in [2.45, 2.75) is 13.5 Å². The number of nitrogens with zero attached hydrogens (tertiary/aromatic N) is 1. The molecule has 3 aromatic rings. The molecule has 2 aromatic carbocycles. The first-order valence-corrected chi connectivity index (χ1v) is 7.17. The van der Waals surface area contributed by atoms with Crippen molar-refractivity contribution in [1.82, 2.24) is 15.3 Å². The Balaban J connectivity index is 1.62. The molecule has 0 aliphatic heterocycles. The molecule has 1 heterocycles. The molecule has 0 saturated carbocycles. The Bertz CT molecular complexity index is 746. The molecule has 0 fully saturated rings. The van der Waals surface area contributed by atoms with Crippen LogP contribution in [0.3, 0.4) is 0 Å². The summed E-state index contributed by atoms with van der Waals surface area (Å²) in [7, 11) is 0. The minimum absolute atomic E-state index is 0.562. The number of imidazole rings is 1. The minimum Gasteiger partial charge on any atom is -0.355 e. The summed E-state index contributed by atoms with van der Waals surface area (Å²) in [5.41, 5.74) is 4.17. The predicted octanol–water partition coefficient (Wildman–Crippen LogP) is 3.36. The molecule has 3 rings (SSSR count). The van der Waals surface area contributed by atoms with Gasteiger partial charge in [-0.1, -0.05) is 30.3 Å². The van der Waals surface area contributed by atoms with Crippen molar-refractivity contribution in [2.24, 2.45) is 0 Å². The second-order valence-electron chi connectivity index (χ2n) is 4.82. The molecule has 4 nitrogen and oxygen atoms in total. The zero-order valence-electron chi connectivity index (χ0n) is 11.7. The van der Waals surface area contributed by atoms with Gasteiger partial charge in [-0.25, -0.2) is 4.98 Å². The van der Waals surface area contributed by atoms with Crippen LogP contribution in [0.25, 0.3) is 11.0 Å². The van der Waals surface area contributed by atoms with Gasteiger partial charge in [0.05, 0.1) is 17.6 Å². The highest BCUT2D eigenvalue weighted by Crippen LogP contribution is 2.13. The number of nitrogens with one attached hydrogen (secondary N) is 3. The van der Waals surface area contributed by atoms with E-state index < -0.39 is 0 Å². The Morgan fingerprint density at radius 3 is 2.71 bits per heavy atom. The van der Waals surface area contributed by atoms with E-state index in [0.717, 1.165) is 28.1 Å². The Morgan fingerprint density at radius 1 is 1.14 bits per heavy atom. The summed E-state index contributed by atoms with van der Waals surface area (Å²) in [6.45, 7) is 2.61. The lowest BCUT2D eigenvalue weighted by atomic mass is 10.2. The van der Waals surface area contributed by atoms with Gasteiger partial charge in [-0.05, 0) is 42.9 Å². The predicted molar refractivity (Wildman–Crippen MR) is 90.3 cm³/mol. The van der Waals surface area contributed by atoms with Crippen molar-refractivity contribution in [3.63, 3.8) is 0 Å². The van der Waals surface area contributed by atoms with E-state index in [1.165, 1.54) is 0 Å². The van der Waals surface area contributed by atoms with Gasteiger partial charge < -0.3 is 15.6 Å². The van der Waals surface area contributed by atoms with Crippen molar-refractivity contribution < 1.29 is 0 Å². The van der Waals surface area contributed by atoms with Crippen molar-refractivity contribution in [3.8, 4) is 0 Å². The van der Waals surface area contributed by atoms with Crippen LogP contribution in [0, 0.1) is 6.92 Å². The fourth-order valence-corrected chi connectivity index (χ4v) is 2.32. The topological polar surface area (TPSA) is 52.7 Å². The standard InChI is InChI=1S/C16H16N4S/c1-11-6-2-3-7-12(11)20-16(21)17-10-15-18-13-8-4-5-9-14(13)19-15/h2-9H,10H2,1H3,(H,18,19)(H2,17,20,21). The molecule has 21 heavy (non-hydrogen) atoms. The summed E-state index contributed by atoms with van der Waals surface area (Å²) in [4.78, 5) is 7.77. The van der Waals surface area contributed by atoms with Gasteiger partial charge in [0, 0.05) is 5.69 Å². The molecule has 0 saturated heterocycles. The van der Waals surface area contributed by atoms with Gasteiger partial charge >= 0.3 is 0 Å². The molecular formula is C16H16N4S. The molecule has 0 bridgehead atoms. The summed E-state index contributed by atoms with van der Waals surface area (Å²) >= 11 is 5.31. The number of aromatic nitrogens is 2. The van der Waals surface area contributed by atoms with E-state index in [2.05, 4.69) is 20.6 Å². The highest BCUT2D eigenvalue weighted by molar-refractivity contribution is 7.80. The first kappa shape index (κ1) is 13.6. The lowest BCUT2D eigenvalue weighted by Crippen LogP contribution is -2.28. The molecule has 0 aliphatic rings. The van der Waals surface area contributed by atoms with Crippen molar-refractivity contribution in [3.05, 3.63) is 59.9 Å². The third-order valence-electron chi connectivity index (χ3n) is 3.25. The van der Waals surface area contributed by atoms with E-state index in [4.69, 9.17) is 12.2 Å². The summed E-state index contributed by atoms with van der Waals surface area (Å²) < 4.78 is 0. The number of para-hydroxylation sites is 3. The maximum Gasteiger partial charge on any atom is 0.171 e. The molecule has 0 radical (unpaired) electrons. The van der Waals surface area contributed by atoms with E-state index in [9.17, 15) is 0 Å². The van der Waals surface area contributed by atoms with Crippen molar-refractivity contribution in [1.29, 1.82) is 0 Å². The smallest absolute Gasteiger partial charge is 0.171 e. The lowest BCUT2D eigenvalue weighted by molar-refractivity contribution is 0.859. The quantitative estimate of drug-likeness (QED) is 0.649. The van der Waals surface area contributed by atoms with Gasteiger partial charge in [0.2, 0.25) is 0 Å². The van der Waals surface area contributed by atoms with Gasteiger partial charge in [0.25, 0.3) is 0 Å². The SMILES string of the molecule is Cc1ccccc1NC(=S)NCc1nc2ccccc2[nH]1.